The molecule has 0 bridgehead atoms. The first-order valence-electron chi connectivity index (χ1n) is 3.34. The minimum absolute atomic E-state index is 0.455. The molecule has 1 aliphatic rings. The Balaban J connectivity index is 2.34. The van der Waals surface area contributed by atoms with Crippen molar-refractivity contribution in [3.8, 4) is 0 Å². The van der Waals surface area contributed by atoms with E-state index in [9.17, 15) is 4.79 Å². The molecular formula is C9H6O2. The van der Waals surface area contributed by atoms with E-state index in [1.54, 1.807) is 0 Å². The van der Waals surface area contributed by atoms with Crippen molar-refractivity contribution >= 4 is 12.0 Å². The molecule has 2 rings (SSSR count). The molecule has 1 aromatic carbocycles. The van der Waals surface area contributed by atoms with Crippen LogP contribution >= 0.6 is 0 Å². The highest BCUT2D eigenvalue weighted by Crippen LogP contribution is 2.33. The van der Waals surface area contributed by atoms with E-state index in [2.05, 4.69) is 0 Å². The molecule has 0 fully saturated rings. The smallest absolute Gasteiger partial charge is 0.210 e. The molecule has 0 amide bonds. The standard InChI is InChI=1S/C9H6O2/c10-6-8-9(11-8)7-4-2-1-3-5-7/h1-6H. The lowest BCUT2D eigenvalue weighted by Gasteiger charge is -1.86. The van der Waals surface area contributed by atoms with Crippen molar-refractivity contribution in [3.05, 3.63) is 41.7 Å². The van der Waals surface area contributed by atoms with Gasteiger partial charge in [0, 0.05) is 5.56 Å². The van der Waals surface area contributed by atoms with Crippen LogP contribution in [0.1, 0.15) is 5.56 Å². The number of benzene rings is 1. The van der Waals surface area contributed by atoms with Crippen LogP contribution in [0, 0.1) is 0 Å². The molecule has 2 nitrogen and oxygen atoms in total. The van der Waals surface area contributed by atoms with E-state index in [4.69, 9.17) is 4.74 Å². The van der Waals surface area contributed by atoms with E-state index in [1.807, 2.05) is 30.3 Å². The number of carbonyl (C=O) groups is 1. The maximum atomic E-state index is 10.2. The lowest BCUT2D eigenvalue weighted by Crippen LogP contribution is -1.69. The van der Waals surface area contributed by atoms with Crippen molar-refractivity contribution in [2.75, 3.05) is 0 Å². The number of ether oxygens (including phenoxy) is 1. The maximum absolute atomic E-state index is 10.2. The fourth-order valence-corrected chi connectivity index (χ4v) is 0.953. The largest absolute Gasteiger partial charge is 0.445 e. The van der Waals surface area contributed by atoms with E-state index in [0.717, 1.165) is 11.8 Å². The second-order valence-electron chi connectivity index (χ2n) is 2.28. The minimum Gasteiger partial charge on any atom is -0.445 e. The van der Waals surface area contributed by atoms with Gasteiger partial charge in [-0.05, 0) is 0 Å². The molecule has 0 unspecified atom stereocenters. The first-order chi connectivity index (χ1) is 5.42. The van der Waals surface area contributed by atoms with Gasteiger partial charge in [0.2, 0.25) is 5.76 Å². The summed E-state index contributed by atoms with van der Waals surface area (Å²) in [6, 6.07) is 9.56. The molecule has 11 heavy (non-hydrogen) atoms. The van der Waals surface area contributed by atoms with Crippen molar-refractivity contribution in [3.63, 3.8) is 0 Å². The predicted octanol–water partition coefficient (Wildman–Crippen LogP) is 1.58. The minimum atomic E-state index is 0.455. The summed E-state index contributed by atoms with van der Waals surface area (Å²) in [7, 11) is 0. The lowest BCUT2D eigenvalue weighted by atomic mass is 10.2. The molecule has 0 saturated carbocycles. The fourth-order valence-electron chi connectivity index (χ4n) is 0.953. The van der Waals surface area contributed by atoms with E-state index in [-0.39, 0.29) is 0 Å². The SMILES string of the molecule is O=CC1=C(c2ccccc2)O1. The van der Waals surface area contributed by atoms with Crippen molar-refractivity contribution in [1.29, 1.82) is 0 Å². The van der Waals surface area contributed by atoms with Gasteiger partial charge in [0.05, 0.1) is 0 Å². The van der Waals surface area contributed by atoms with Crippen LogP contribution in [0.3, 0.4) is 0 Å². The van der Waals surface area contributed by atoms with Crippen LogP contribution in [0.4, 0.5) is 0 Å². The second-order valence-corrected chi connectivity index (χ2v) is 2.28. The van der Waals surface area contributed by atoms with Gasteiger partial charge in [0.25, 0.3) is 0 Å². The zero-order valence-electron chi connectivity index (χ0n) is 5.78. The summed E-state index contributed by atoms with van der Waals surface area (Å²) < 4.78 is 4.92. The number of aldehydes is 1. The molecule has 0 aliphatic carbocycles. The molecule has 2 heteroatoms. The Kier molecular flexibility index (Phi) is 1.25. The van der Waals surface area contributed by atoms with Gasteiger partial charge >= 0.3 is 0 Å². The highest BCUT2D eigenvalue weighted by molar-refractivity contribution is 5.92. The van der Waals surface area contributed by atoms with Gasteiger partial charge in [-0.1, -0.05) is 30.3 Å². The number of hydrogen-bond acceptors (Lipinski definition) is 2. The van der Waals surface area contributed by atoms with E-state index in [0.29, 0.717) is 11.5 Å². The second kappa shape index (κ2) is 2.23. The van der Waals surface area contributed by atoms with Crippen LogP contribution in [-0.4, -0.2) is 6.29 Å². The van der Waals surface area contributed by atoms with Gasteiger partial charge < -0.3 is 4.74 Å². The molecular weight excluding hydrogens is 140 g/mol. The Labute approximate surface area is 64.1 Å². The average molecular weight is 146 g/mol. The van der Waals surface area contributed by atoms with E-state index in [1.165, 1.54) is 0 Å². The van der Waals surface area contributed by atoms with Crippen LogP contribution in [0.25, 0.3) is 5.76 Å². The fraction of sp³-hybridized carbons (Fsp3) is 0. The molecule has 0 saturated heterocycles. The summed E-state index contributed by atoms with van der Waals surface area (Å²) in [6.45, 7) is 0. The lowest BCUT2D eigenvalue weighted by molar-refractivity contribution is -0.105. The molecule has 0 N–H and O–H groups in total. The number of allylic oxidation sites excluding steroid dienone is 1. The zero-order valence-corrected chi connectivity index (χ0v) is 5.78. The van der Waals surface area contributed by atoms with Crippen LogP contribution in [0.15, 0.2) is 36.1 Å². The first kappa shape index (κ1) is 6.16. The third-order valence-electron chi connectivity index (χ3n) is 1.54. The predicted molar refractivity (Wildman–Crippen MR) is 40.5 cm³/mol. The third kappa shape index (κ3) is 1.03. The molecule has 1 aromatic rings. The number of carbonyl (C=O) groups excluding carboxylic acids is 1. The van der Waals surface area contributed by atoms with Gasteiger partial charge in [-0.3, -0.25) is 4.79 Å². The topological polar surface area (TPSA) is 29.6 Å². The zero-order chi connectivity index (χ0) is 7.68. The van der Waals surface area contributed by atoms with Crippen molar-refractivity contribution in [2.24, 2.45) is 0 Å². The van der Waals surface area contributed by atoms with Gasteiger partial charge in [0.15, 0.2) is 12.0 Å². The Morgan fingerprint density at radius 2 is 1.91 bits per heavy atom. The van der Waals surface area contributed by atoms with Gasteiger partial charge in [-0.2, -0.15) is 0 Å². The Bertz CT molecular complexity index is 312. The maximum Gasteiger partial charge on any atom is 0.210 e. The quantitative estimate of drug-likeness (QED) is 0.593. The third-order valence-corrected chi connectivity index (χ3v) is 1.54. The van der Waals surface area contributed by atoms with Crippen LogP contribution < -0.4 is 0 Å². The van der Waals surface area contributed by atoms with E-state index >= 15 is 0 Å². The first-order valence-corrected chi connectivity index (χ1v) is 3.34. The van der Waals surface area contributed by atoms with Crippen molar-refractivity contribution in [1.82, 2.24) is 0 Å². The Morgan fingerprint density at radius 3 is 2.45 bits per heavy atom. The molecule has 0 spiro atoms. The summed E-state index contributed by atoms with van der Waals surface area (Å²) in [5, 5.41) is 0. The average Bonchev–Trinajstić information content (AvgIpc) is 2.85. The van der Waals surface area contributed by atoms with Gasteiger partial charge in [-0.25, -0.2) is 0 Å². The Hall–Kier alpha value is -1.57. The molecule has 54 valence electrons. The monoisotopic (exact) mass is 146 g/mol. The Morgan fingerprint density at radius 1 is 1.18 bits per heavy atom. The summed E-state index contributed by atoms with van der Waals surface area (Å²) in [6.07, 6.45) is 0.725. The molecule has 0 atom stereocenters. The summed E-state index contributed by atoms with van der Waals surface area (Å²) in [4.78, 5) is 10.2. The van der Waals surface area contributed by atoms with Crippen LogP contribution in [-0.2, 0) is 9.53 Å². The molecule has 1 aliphatic heterocycles. The van der Waals surface area contributed by atoms with E-state index < -0.39 is 0 Å². The molecule has 0 radical (unpaired) electrons. The van der Waals surface area contributed by atoms with Crippen molar-refractivity contribution < 1.29 is 9.53 Å². The normalized spacial score (nSPS) is 14.2. The van der Waals surface area contributed by atoms with Crippen LogP contribution in [0.2, 0.25) is 0 Å². The van der Waals surface area contributed by atoms with Crippen LogP contribution in [0.5, 0.6) is 0 Å². The summed E-state index contributed by atoms with van der Waals surface area (Å²) >= 11 is 0. The summed E-state index contributed by atoms with van der Waals surface area (Å²) in [5.74, 6) is 1.16. The summed E-state index contributed by atoms with van der Waals surface area (Å²) in [5.41, 5.74) is 0.967. The van der Waals surface area contributed by atoms with Crippen molar-refractivity contribution in [2.45, 2.75) is 0 Å². The van der Waals surface area contributed by atoms with Gasteiger partial charge in [0.1, 0.15) is 0 Å². The molecule has 0 aromatic heterocycles. The molecule has 1 heterocycles. The highest BCUT2D eigenvalue weighted by Gasteiger charge is 2.25. The van der Waals surface area contributed by atoms with Gasteiger partial charge in [-0.15, -0.1) is 0 Å². The highest BCUT2D eigenvalue weighted by atomic mass is 16.6. The number of rotatable bonds is 2. The number of hydrogen-bond donors (Lipinski definition) is 0.